The van der Waals surface area contributed by atoms with Gasteiger partial charge in [0.2, 0.25) is 0 Å². The Morgan fingerprint density at radius 2 is 2.00 bits per heavy atom. The number of hydrogen-bond acceptors (Lipinski definition) is 4. The Kier molecular flexibility index (Phi) is 1.11. The normalized spacial score (nSPS) is 11.1. The van der Waals surface area contributed by atoms with E-state index in [0.717, 1.165) is 11.0 Å². The highest BCUT2D eigenvalue weighted by molar-refractivity contribution is 5.75. The van der Waals surface area contributed by atoms with Gasteiger partial charge in [0, 0.05) is 0 Å². The highest BCUT2D eigenvalue weighted by Crippen LogP contribution is 2.09. The molecule has 5 heteroatoms. The van der Waals surface area contributed by atoms with Crippen molar-refractivity contribution in [1.29, 1.82) is 0 Å². The molecule has 0 aliphatic heterocycles. The first-order valence-corrected chi connectivity index (χ1v) is 3.87. The summed E-state index contributed by atoms with van der Waals surface area (Å²) < 4.78 is 1.67. The zero-order chi connectivity index (χ0) is 8.67. The summed E-state index contributed by atoms with van der Waals surface area (Å²) in [6.07, 6.45) is 1.58. The van der Waals surface area contributed by atoms with Crippen molar-refractivity contribution in [3.05, 3.63) is 30.5 Å². The van der Waals surface area contributed by atoms with E-state index in [-0.39, 0.29) is 0 Å². The minimum Gasteiger partial charge on any atom is -0.191 e. The lowest BCUT2D eigenvalue weighted by atomic mass is 10.3. The van der Waals surface area contributed by atoms with Crippen LogP contribution in [0.15, 0.2) is 30.5 Å². The van der Waals surface area contributed by atoms with E-state index in [1.165, 1.54) is 0 Å². The molecule has 0 N–H and O–H groups in total. The van der Waals surface area contributed by atoms with Crippen LogP contribution in [-0.2, 0) is 0 Å². The Labute approximate surface area is 73.0 Å². The summed E-state index contributed by atoms with van der Waals surface area (Å²) in [5, 5.41) is 15.7. The van der Waals surface area contributed by atoms with Gasteiger partial charge in [0.25, 0.3) is 0 Å². The predicted molar refractivity (Wildman–Crippen MR) is 46.1 cm³/mol. The summed E-state index contributed by atoms with van der Waals surface area (Å²) in [6, 6.07) is 7.68. The first-order chi connectivity index (χ1) is 6.45. The molecule has 2 heterocycles. The lowest BCUT2D eigenvalue weighted by molar-refractivity contribution is 0.862. The van der Waals surface area contributed by atoms with Crippen LogP contribution in [0.4, 0.5) is 0 Å². The van der Waals surface area contributed by atoms with Gasteiger partial charge in [-0.05, 0) is 12.1 Å². The van der Waals surface area contributed by atoms with Gasteiger partial charge in [0.15, 0.2) is 5.65 Å². The second-order valence-corrected chi connectivity index (χ2v) is 2.69. The topological polar surface area (TPSA) is 56.0 Å². The van der Waals surface area contributed by atoms with Gasteiger partial charge in [-0.15, -0.1) is 15.3 Å². The van der Waals surface area contributed by atoms with E-state index >= 15 is 0 Å². The molecule has 0 amide bonds. The number of rotatable bonds is 0. The van der Waals surface area contributed by atoms with Crippen LogP contribution >= 0.6 is 0 Å². The second kappa shape index (κ2) is 2.22. The molecule has 0 aliphatic rings. The minimum absolute atomic E-state index is 0.665. The molecule has 3 rings (SSSR count). The van der Waals surface area contributed by atoms with Gasteiger partial charge in [-0.1, -0.05) is 17.3 Å². The fraction of sp³-hybridized carbons (Fsp3) is 0. The van der Waals surface area contributed by atoms with Gasteiger partial charge < -0.3 is 0 Å². The standard InChI is InChI=1S/C8H5N5/c1-2-4-7-6(3-1)10-11-8-5-9-12-13(7)8/h1-5H. The molecule has 2 aromatic heterocycles. The van der Waals surface area contributed by atoms with Crippen LogP contribution in [0.25, 0.3) is 16.7 Å². The maximum atomic E-state index is 4.03. The third-order valence-electron chi connectivity index (χ3n) is 1.90. The van der Waals surface area contributed by atoms with E-state index in [4.69, 9.17) is 0 Å². The number of benzene rings is 1. The molecular formula is C8H5N5. The molecular weight excluding hydrogens is 166 g/mol. The van der Waals surface area contributed by atoms with Crippen LogP contribution in [0, 0.1) is 0 Å². The van der Waals surface area contributed by atoms with Crippen molar-refractivity contribution in [2.75, 3.05) is 0 Å². The van der Waals surface area contributed by atoms with Gasteiger partial charge in [-0.3, -0.25) is 0 Å². The summed E-state index contributed by atoms with van der Waals surface area (Å²) in [7, 11) is 0. The van der Waals surface area contributed by atoms with E-state index in [1.54, 1.807) is 10.7 Å². The lowest BCUT2D eigenvalue weighted by Gasteiger charge is -1.96. The summed E-state index contributed by atoms with van der Waals surface area (Å²) >= 11 is 0. The van der Waals surface area contributed by atoms with Crippen LogP contribution in [-0.4, -0.2) is 25.0 Å². The average Bonchev–Trinajstić information content (AvgIpc) is 2.65. The third kappa shape index (κ3) is 0.807. The quantitative estimate of drug-likeness (QED) is 0.499. The molecule has 13 heavy (non-hydrogen) atoms. The molecule has 62 valence electrons. The summed E-state index contributed by atoms with van der Waals surface area (Å²) in [6.45, 7) is 0. The number of nitrogens with zero attached hydrogens (tertiary/aromatic N) is 5. The summed E-state index contributed by atoms with van der Waals surface area (Å²) in [5.74, 6) is 0. The molecule has 3 aromatic rings. The molecule has 0 atom stereocenters. The molecule has 0 radical (unpaired) electrons. The Balaban J connectivity index is 2.65. The SMILES string of the molecule is c1ccc2c(c1)nnc1cnnn12. The first kappa shape index (κ1) is 6.47. The van der Waals surface area contributed by atoms with E-state index < -0.39 is 0 Å². The zero-order valence-corrected chi connectivity index (χ0v) is 6.62. The minimum atomic E-state index is 0.665. The average molecular weight is 171 g/mol. The molecule has 0 saturated heterocycles. The highest BCUT2D eigenvalue weighted by atomic mass is 15.4. The van der Waals surface area contributed by atoms with Crippen LogP contribution in [0.5, 0.6) is 0 Å². The fourth-order valence-corrected chi connectivity index (χ4v) is 1.30. The molecule has 5 nitrogen and oxygen atoms in total. The Morgan fingerprint density at radius 1 is 1.08 bits per heavy atom. The lowest BCUT2D eigenvalue weighted by Crippen LogP contribution is -1.95. The second-order valence-electron chi connectivity index (χ2n) is 2.69. The van der Waals surface area contributed by atoms with E-state index in [1.807, 2.05) is 24.3 Å². The van der Waals surface area contributed by atoms with Crippen LogP contribution in [0.3, 0.4) is 0 Å². The van der Waals surface area contributed by atoms with Crippen molar-refractivity contribution in [3.63, 3.8) is 0 Å². The molecule has 1 aromatic carbocycles. The Hall–Kier alpha value is -2.04. The molecule has 0 fully saturated rings. The Bertz CT molecular complexity index is 571. The summed E-state index contributed by atoms with van der Waals surface area (Å²) in [4.78, 5) is 0. The van der Waals surface area contributed by atoms with E-state index in [2.05, 4.69) is 20.5 Å². The first-order valence-electron chi connectivity index (χ1n) is 3.87. The largest absolute Gasteiger partial charge is 0.198 e. The number of aromatic nitrogens is 5. The van der Waals surface area contributed by atoms with Crippen molar-refractivity contribution in [2.45, 2.75) is 0 Å². The van der Waals surface area contributed by atoms with Crippen molar-refractivity contribution in [3.8, 4) is 0 Å². The van der Waals surface area contributed by atoms with Crippen LogP contribution < -0.4 is 0 Å². The monoisotopic (exact) mass is 171 g/mol. The zero-order valence-electron chi connectivity index (χ0n) is 6.62. The predicted octanol–water partition coefficient (Wildman–Crippen LogP) is 0.672. The van der Waals surface area contributed by atoms with Gasteiger partial charge >= 0.3 is 0 Å². The summed E-state index contributed by atoms with van der Waals surface area (Å²) in [5.41, 5.74) is 2.41. The number of fused-ring (bicyclic) bond motifs is 3. The van der Waals surface area contributed by atoms with Crippen molar-refractivity contribution < 1.29 is 0 Å². The van der Waals surface area contributed by atoms with Gasteiger partial charge in [0.1, 0.15) is 5.52 Å². The van der Waals surface area contributed by atoms with Gasteiger partial charge in [-0.2, -0.15) is 4.52 Å². The maximum absolute atomic E-state index is 4.03. The van der Waals surface area contributed by atoms with Crippen LogP contribution in [0.1, 0.15) is 0 Å². The van der Waals surface area contributed by atoms with Gasteiger partial charge in [-0.25, -0.2) is 0 Å². The van der Waals surface area contributed by atoms with Crippen molar-refractivity contribution in [2.24, 2.45) is 0 Å². The van der Waals surface area contributed by atoms with E-state index in [0.29, 0.717) is 5.65 Å². The smallest absolute Gasteiger partial charge is 0.191 e. The third-order valence-corrected chi connectivity index (χ3v) is 1.90. The molecule has 0 unspecified atom stereocenters. The highest BCUT2D eigenvalue weighted by Gasteiger charge is 2.01. The molecule has 0 saturated carbocycles. The molecule has 0 aliphatic carbocycles. The van der Waals surface area contributed by atoms with E-state index in [9.17, 15) is 0 Å². The van der Waals surface area contributed by atoms with Crippen molar-refractivity contribution in [1.82, 2.24) is 25.0 Å². The fourth-order valence-electron chi connectivity index (χ4n) is 1.30. The van der Waals surface area contributed by atoms with Gasteiger partial charge in [0.05, 0.1) is 11.7 Å². The molecule has 0 bridgehead atoms. The Morgan fingerprint density at radius 3 is 3.00 bits per heavy atom. The molecule has 0 spiro atoms. The maximum Gasteiger partial charge on any atom is 0.198 e. The van der Waals surface area contributed by atoms with Crippen LogP contribution in [0.2, 0.25) is 0 Å². The van der Waals surface area contributed by atoms with Crippen molar-refractivity contribution >= 4 is 16.7 Å². The number of para-hydroxylation sites is 1. The number of hydrogen-bond donors (Lipinski definition) is 0.